The molecule has 160 valence electrons. The summed E-state index contributed by atoms with van der Waals surface area (Å²) in [4.78, 5) is 30.0. The van der Waals surface area contributed by atoms with Crippen LogP contribution >= 0.6 is 11.3 Å². The van der Waals surface area contributed by atoms with Crippen molar-refractivity contribution in [2.24, 2.45) is 17.3 Å². The molecule has 0 amide bonds. The number of hydrogen-bond donors (Lipinski definition) is 2. The van der Waals surface area contributed by atoms with Crippen molar-refractivity contribution in [2.45, 2.75) is 65.8 Å². The van der Waals surface area contributed by atoms with Gasteiger partial charge in [-0.05, 0) is 38.8 Å². The van der Waals surface area contributed by atoms with Gasteiger partial charge in [0.15, 0.2) is 0 Å². The van der Waals surface area contributed by atoms with E-state index < -0.39 is 41.5 Å². The monoisotopic (exact) mass is 421 g/mol. The molecule has 1 unspecified atom stereocenters. The molecular weight excluding hydrogens is 390 g/mol. The summed E-state index contributed by atoms with van der Waals surface area (Å²) in [7, 11) is 0. The molecule has 2 N–H and O–H groups in total. The summed E-state index contributed by atoms with van der Waals surface area (Å²) >= 11 is 1.54. The number of Topliss-reactive ketones (excluding diaryl/α,β-unsaturated/α-hetero) is 1. The number of thiazole rings is 1. The summed E-state index contributed by atoms with van der Waals surface area (Å²) < 4.78 is 5.74. The molecule has 5 atom stereocenters. The number of aryl methyl sites for hydroxylation is 1. The largest absolute Gasteiger partial charge is 0.457 e. The number of aliphatic hydroxyl groups excluding tert-OH is 2. The fourth-order valence-corrected chi connectivity index (χ4v) is 4.33. The van der Waals surface area contributed by atoms with Crippen molar-refractivity contribution in [1.29, 1.82) is 0 Å². The van der Waals surface area contributed by atoms with Crippen LogP contribution in [0, 0.1) is 24.2 Å². The average molecular weight is 422 g/mol. The van der Waals surface area contributed by atoms with Crippen molar-refractivity contribution in [2.75, 3.05) is 0 Å². The Kier molecular flexibility index (Phi) is 7.54. The van der Waals surface area contributed by atoms with Crippen molar-refractivity contribution in [1.82, 2.24) is 4.98 Å². The molecule has 1 aromatic heterocycles. The van der Waals surface area contributed by atoms with Gasteiger partial charge in [0.05, 0.1) is 34.2 Å². The Morgan fingerprint density at radius 2 is 2.17 bits per heavy atom. The molecule has 1 fully saturated rings. The van der Waals surface area contributed by atoms with Crippen LogP contribution in [0.3, 0.4) is 0 Å². The van der Waals surface area contributed by atoms with E-state index in [9.17, 15) is 19.8 Å². The zero-order chi connectivity index (χ0) is 21.9. The number of aliphatic hydroxyl groups is 2. The first-order valence-corrected chi connectivity index (χ1v) is 10.7. The molecular formula is C22H31NO5S. The summed E-state index contributed by atoms with van der Waals surface area (Å²) in [5.41, 5.74) is 0.477. The standard InChI is InChI=1S/C22H31NO5S/c1-7-8-18(12(2)9-15-11-29-14(4)23-15)28-21(27)17-10-16(13(3)24)19(25)22(5,6)20(17)26/h7,9,11,13,16-18,20,24,26H,1,8,10H2,2-6H3/b12-9+/t13-,16-,17-,18?,20-/m0/s1. The predicted octanol–water partition coefficient (Wildman–Crippen LogP) is 3.32. The second-order valence-electron chi connectivity index (χ2n) is 8.35. The van der Waals surface area contributed by atoms with Crippen LogP contribution < -0.4 is 0 Å². The van der Waals surface area contributed by atoms with Crippen LogP contribution in [0.4, 0.5) is 0 Å². The SMILES string of the molecule is C=CCC(OC(=O)[C@H]1C[C@@H]([C@H](C)O)C(=O)C(C)(C)[C@H]1O)/C(C)=C/c1csc(C)n1. The van der Waals surface area contributed by atoms with Crippen molar-refractivity contribution in [3.8, 4) is 0 Å². The van der Waals surface area contributed by atoms with Gasteiger partial charge in [-0.2, -0.15) is 0 Å². The van der Waals surface area contributed by atoms with Crippen LogP contribution in [-0.2, 0) is 14.3 Å². The number of rotatable bonds is 7. The van der Waals surface area contributed by atoms with Crippen LogP contribution in [0.1, 0.15) is 51.2 Å². The highest BCUT2D eigenvalue weighted by atomic mass is 32.1. The van der Waals surface area contributed by atoms with Crippen LogP contribution in [-0.4, -0.2) is 45.3 Å². The quantitative estimate of drug-likeness (QED) is 0.518. The molecule has 0 saturated heterocycles. The first-order chi connectivity index (χ1) is 13.5. The highest BCUT2D eigenvalue weighted by molar-refractivity contribution is 7.09. The smallest absolute Gasteiger partial charge is 0.312 e. The van der Waals surface area contributed by atoms with E-state index in [1.807, 2.05) is 25.3 Å². The van der Waals surface area contributed by atoms with Crippen LogP contribution in [0.2, 0.25) is 0 Å². The van der Waals surface area contributed by atoms with Crippen molar-refractivity contribution >= 4 is 29.2 Å². The topological polar surface area (TPSA) is 96.7 Å². The number of nitrogens with zero attached hydrogens (tertiary/aromatic N) is 1. The Labute approximate surface area is 176 Å². The van der Waals surface area contributed by atoms with Gasteiger partial charge in [-0.15, -0.1) is 17.9 Å². The van der Waals surface area contributed by atoms with Gasteiger partial charge in [-0.25, -0.2) is 4.98 Å². The number of aromatic nitrogens is 1. The molecule has 0 aromatic carbocycles. The third kappa shape index (κ3) is 5.21. The van der Waals surface area contributed by atoms with E-state index in [1.54, 1.807) is 19.9 Å². The normalized spacial score (nSPS) is 26.7. The lowest BCUT2D eigenvalue weighted by Gasteiger charge is -2.43. The van der Waals surface area contributed by atoms with E-state index in [1.165, 1.54) is 18.3 Å². The second kappa shape index (κ2) is 9.32. The van der Waals surface area contributed by atoms with Gasteiger partial charge in [0.1, 0.15) is 11.9 Å². The maximum Gasteiger partial charge on any atom is 0.312 e. The van der Waals surface area contributed by atoms with Gasteiger partial charge in [-0.1, -0.05) is 19.9 Å². The Hall–Kier alpha value is -1.83. The number of carbonyl (C=O) groups excluding carboxylic acids is 2. The molecule has 0 bridgehead atoms. The van der Waals surface area contributed by atoms with Gasteiger partial charge < -0.3 is 14.9 Å². The third-order valence-corrected chi connectivity index (χ3v) is 6.44. The van der Waals surface area contributed by atoms with Gasteiger partial charge in [0.2, 0.25) is 0 Å². The number of hydrogen-bond acceptors (Lipinski definition) is 7. The zero-order valence-corrected chi connectivity index (χ0v) is 18.5. The lowest BCUT2D eigenvalue weighted by Crippen LogP contribution is -2.55. The van der Waals surface area contributed by atoms with E-state index >= 15 is 0 Å². The molecule has 1 saturated carbocycles. The van der Waals surface area contributed by atoms with E-state index in [0.717, 1.165) is 16.3 Å². The molecule has 0 spiro atoms. The Morgan fingerprint density at radius 1 is 1.52 bits per heavy atom. The van der Waals surface area contributed by atoms with Crippen LogP contribution in [0.5, 0.6) is 0 Å². The lowest BCUT2D eigenvalue weighted by molar-refractivity contribution is -0.171. The van der Waals surface area contributed by atoms with Gasteiger partial charge in [-0.3, -0.25) is 9.59 Å². The highest BCUT2D eigenvalue weighted by Crippen LogP contribution is 2.41. The fraction of sp³-hybridized carbons (Fsp3) is 0.591. The number of esters is 1. The third-order valence-electron chi connectivity index (χ3n) is 5.64. The van der Waals surface area contributed by atoms with Crippen LogP contribution in [0.15, 0.2) is 23.6 Å². The van der Waals surface area contributed by atoms with Crippen LogP contribution in [0.25, 0.3) is 6.08 Å². The van der Waals surface area contributed by atoms with Gasteiger partial charge in [0, 0.05) is 17.7 Å². The second-order valence-corrected chi connectivity index (χ2v) is 9.41. The Balaban J connectivity index is 2.22. The molecule has 29 heavy (non-hydrogen) atoms. The van der Waals surface area contributed by atoms with E-state index in [2.05, 4.69) is 11.6 Å². The lowest BCUT2D eigenvalue weighted by atomic mass is 9.63. The molecule has 1 aliphatic carbocycles. The number of carbonyl (C=O) groups is 2. The Bertz CT molecular complexity index is 795. The first-order valence-electron chi connectivity index (χ1n) is 9.81. The van der Waals surface area contributed by atoms with Crippen molar-refractivity contribution < 1.29 is 24.5 Å². The van der Waals surface area contributed by atoms with Gasteiger partial charge in [0.25, 0.3) is 0 Å². The summed E-state index contributed by atoms with van der Waals surface area (Å²) in [6, 6.07) is 0. The average Bonchev–Trinajstić information content (AvgIpc) is 3.04. The summed E-state index contributed by atoms with van der Waals surface area (Å²) in [6.45, 7) is 12.3. The van der Waals surface area contributed by atoms with E-state index in [4.69, 9.17) is 4.74 Å². The summed E-state index contributed by atoms with van der Waals surface area (Å²) in [5, 5.41) is 23.6. The molecule has 1 heterocycles. The maximum absolute atomic E-state index is 13.0. The van der Waals surface area contributed by atoms with E-state index in [-0.39, 0.29) is 12.2 Å². The minimum Gasteiger partial charge on any atom is -0.457 e. The summed E-state index contributed by atoms with van der Waals surface area (Å²) in [5.74, 6) is -2.40. The minimum atomic E-state index is -1.17. The molecule has 6 nitrogen and oxygen atoms in total. The Morgan fingerprint density at radius 3 is 2.69 bits per heavy atom. The number of ether oxygens (including phenoxy) is 1. The molecule has 0 radical (unpaired) electrons. The first kappa shape index (κ1) is 23.4. The zero-order valence-electron chi connectivity index (χ0n) is 17.7. The van der Waals surface area contributed by atoms with Crippen molar-refractivity contribution in [3.05, 3.63) is 34.3 Å². The molecule has 2 rings (SSSR count). The minimum absolute atomic E-state index is 0.0643. The summed E-state index contributed by atoms with van der Waals surface area (Å²) in [6.07, 6.45) is 1.41. The fourth-order valence-electron chi connectivity index (χ4n) is 3.76. The molecule has 1 aromatic rings. The molecule has 7 heteroatoms. The molecule has 0 aliphatic heterocycles. The number of ketones is 1. The maximum atomic E-state index is 13.0. The molecule has 1 aliphatic rings. The predicted molar refractivity (Wildman–Crippen MR) is 113 cm³/mol. The van der Waals surface area contributed by atoms with E-state index in [0.29, 0.717) is 6.42 Å². The highest BCUT2D eigenvalue weighted by Gasteiger charge is 2.52. The van der Waals surface area contributed by atoms with Gasteiger partial charge >= 0.3 is 5.97 Å². The van der Waals surface area contributed by atoms with Crippen molar-refractivity contribution in [3.63, 3.8) is 0 Å².